The number of ether oxygens (including phenoxy) is 1. The molecule has 196 valence electrons. The van der Waals surface area contributed by atoms with Gasteiger partial charge in [-0.15, -0.1) is 0 Å². The molecule has 1 amide bonds. The van der Waals surface area contributed by atoms with Gasteiger partial charge >= 0.3 is 0 Å². The van der Waals surface area contributed by atoms with Gasteiger partial charge in [0.2, 0.25) is 0 Å². The van der Waals surface area contributed by atoms with Crippen LogP contribution in [0.2, 0.25) is 0 Å². The van der Waals surface area contributed by atoms with E-state index >= 15 is 0 Å². The molecule has 1 saturated heterocycles. The number of hydrogen-bond donors (Lipinski definition) is 1. The molecule has 0 radical (unpaired) electrons. The van der Waals surface area contributed by atoms with Gasteiger partial charge in [0.05, 0.1) is 35.5 Å². The van der Waals surface area contributed by atoms with Crippen molar-refractivity contribution in [3.63, 3.8) is 0 Å². The lowest BCUT2D eigenvalue weighted by atomic mass is 10.0. The second-order valence-corrected chi connectivity index (χ2v) is 9.00. The van der Waals surface area contributed by atoms with Crippen molar-refractivity contribution in [1.29, 1.82) is 0 Å². The van der Waals surface area contributed by atoms with Gasteiger partial charge in [-0.25, -0.2) is 4.98 Å². The average molecular weight is 525 g/mol. The number of rotatable bonds is 6. The first kappa shape index (κ1) is 24.2. The molecule has 5 aromatic heterocycles. The molecule has 0 spiro atoms. The van der Waals surface area contributed by atoms with Gasteiger partial charge in [-0.1, -0.05) is 11.2 Å². The van der Waals surface area contributed by atoms with E-state index in [-0.39, 0.29) is 5.56 Å². The number of ketones is 1. The Bertz CT molecular complexity index is 1670. The number of carbonyl (C=O) groups is 2. The zero-order valence-corrected chi connectivity index (χ0v) is 21.3. The van der Waals surface area contributed by atoms with E-state index < -0.39 is 11.7 Å². The zero-order chi connectivity index (χ0) is 26.9. The maximum absolute atomic E-state index is 13.5. The Kier molecular flexibility index (Phi) is 6.15. The number of fused-ring (bicyclic) bond motifs is 1. The molecule has 5 aromatic rings. The number of pyridine rings is 3. The molecular weight excluding hydrogens is 500 g/mol. The van der Waals surface area contributed by atoms with E-state index in [0.717, 1.165) is 11.3 Å². The molecule has 0 aromatic carbocycles. The van der Waals surface area contributed by atoms with Crippen LogP contribution in [0.25, 0.3) is 28.0 Å². The summed E-state index contributed by atoms with van der Waals surface area (Å²) in [4.78, 5) is 46.6. The van der Waals surface area contributed by atoms with Crippen molar-refractivity contribution in [1.82, 2.24) is 45.0 Å². The molecule has 13 nitrogen and oxygen atoms in total. The fourth-order valence-corrected chi connectivity index (χ4v) is 4.74. The number of H-pyrrole nitrogens is 1. The van der Waals surface area contributed by atoms with Crippen molar-refractivity contribution < 1.29 is 14.3 Å². The van der Waals surface area contributed by atoms with Gasteiger partial charge < -0.3 is 19.5 Å². The lowest BCUT2D eigenvalue weighted by molar-refractivity contribution is -0.126. The highest BCUT2D eigenvalue weighted by Crippen LogP contribution is 2.35. The first-order valence-corrected chi connectivity index (χ1v) is 12.3. The lowest BCUT2D eigenvalue weighted by Crippen LogP contribution is -2.51. The van der Waals surface area contributed by atoms with Gasteiger partial charge in [-0.05, 0) is 41.6 Å². The van der Waals surface area contributed by atoms with Crippen molar-refractivity contribution in [2.24, 2.45) is 0 Å². The summed E-state index contributed by atoms with van der Waals surface area (Å²) in [5.74, 6) is 0.327. The van der Waals surface area contributed by atoms with Crippen molar-refractivity contribution in [2.75, 3.05) is 38.2 Å². The second-order valence-electron chi connectivity index (χ2n) is 9.00. The Hall–Kier alpha value is -5.20. The third-order valence-electron chi connectivity index (χ3n) is 6.67. The Labute approximate surface area is 222 Å². The molecule has 1 aliphatic heterocycles. The van der Waals surface area contributed by atoms with Crippen molar-refractivity contribution in [2.45, 2.75) is 6.92 Å². The quantitative estimate of drug-likeness (QED) is 0.258. The maximum Gasteiger partial charge on any atom is 0.295 e. The van der Waals surface area contributed by atoms with E-state index in [0.29, 0.717) is 60.3 Å². The Morgan fingerprint density at radius 3 is 2.62 bits per heavy atom. The van der Waals surface area contributed by atoms with Gasteiger partial charge in [0.1, 0.15) is 5.75 Å². The molecule has 0 aliphatic carbocycles. The smallest absolute Gasteiger partial charge is 0.295 e. The van der Waals surface area contributed by atoms with E-state index in [9.17, 15) is 9.59 Å². The van der Waals surface area contributed by atoms with Crippen molar-refractivity contribution >= 4 is 28.5 Å². The third kappa shape index (κ3) is 4.33. The second kappa shape index (κ2) is 9.93. The number of aromatic amines is 1. The molecule has 6 heterocycles. The highest BCUT2D eigenvalue weighted by atomic mass is 16.5. The van der Waals surface area contributed by atoms with E-state index in [2.05, 4.69) is 35.5 Å². The standard InChI is InChI=1S/C26H24N10O3/c1-16-13-17(6-8-27-16)22-23-21(19(39-2)15-30-22)18(14-29-23)24(37)25(38)34-9-11-35(12-10-34)26-31-32-33-36(26)20-5-3-4-7-28-20/h3-8,13-15,29H,9-12H2,1-2H3. The summed E-state index contributed by atoms with van der Waals surface area (Å²) in [5.41, 5.74) is 3.17. The number of methoxy groups -OCH3 is 1. The van der Waals surface area contributed by atoms with E-state index in [1.165, 1.54) is 7.11 Å². The third-order valence-corrected chi connectivity index (χ3v) is 6.67. The number of nitrogens with one attached hydrogen (secondary N) is 1. The van der Waals surface area contributed by atoms with E-state index in [1.54, 1.807) is 34.4 Å². The Morgan fingerprint density at radius 2 is 1.87 bits per heavy atom. The molecule has 1 N–H and O–H groups in total. The fourth-order valence-electron chi connectivity index (χ4n) is 4.74. The maximum atomic E-state index is 13.5. The molecule has 1 aliphatic rings. The minimum atomic E-state index is -0.616. The zero-order valence-electron chi connectivity index (χ0n) is 21.3. The summed E-state index contributed by atoms with van der Waals surface area (Å²) in [7, 11) is 1.51. The van der Waals surface area contributed by atoms with Crippen LogP contribution in [0.5, 0.6) is 5.75 Å². The lowest BCUT2D eigenvalue weighted by Gasteiger charge is -2.34. The van der Waals surface area contributed by atoms with Crippen LogP contribution in [0.3, 0.4) is 0 Å². The topological polar surface area (TPSA) is 148 Å². The summed E-state index contributed by atoms with van der Waals surface area (Å²) in [6, 6.07) is 9.23. The summed E-state index contributed by atoms with van der Waals surface area (Å²) in [6.07, 6.45) is 6.48. The van der Waals surface area contributed by atoms with Gasteiger partial charge in [0.15, 0.2) is 5.82 Å². The molecule has 0 saturated carbocycles. The predicted molar refractivity (Wildman–Crippen MR) is 141 cm³/mol. The predicted octanol–water partition coefficient (Wildman–Crippen LogP) is 1.84. The van der Waals surface area contributed by atoms with Crippen LogP contribution >= 0.6 is 0 Å². The van der Waals surface area contributed by atoms with Crippen LogP contribution in [0, 0.1) is 6.92 Å². The number of piperazine rings is 1. The van der Waals surface area contributed by atoms with Crippen LogP contribution in [-0.2, 0) is 4.79 Å². The van der Waals surface area contributed by atoms with Crippen LogP contribution < -0.4 is 9.64 Å². The molecule has 6 rings (SSSR count). The molecule has 13 heteroatoms. The summed E-state index contributed by atoms with van der Waals surface area (Å²) in [6.45, 7) is 3.48. The number of aryl methyl sites for hydroxylation is 1. The average Bonchev–Trinajstić information content (AvgIpc) is 3.65. The van der Waals surface area contributed by atoms with Gasteiger partial charge in [0.25, 0.3) is 17.6 Å². The number of amides is 1. The van der Waals surface area contributed by atoms with Crippen LogP contribution in [0.4, 0.5) is 5.95 Å². The highest BCUT2D eigenvalue weighted by Gasteiger charge is 2.31. The minimum Gasteiger partial charge on any atom is -0.494 e. The minimum absolute atomic E-state index is 0.239. The summed E-state index contributed by atoms with van der Waals surface area (Å²) >= 11 is 0. The molecule has 39 heavy (non-hydrogen) atoms. The van der Waals surface area contributed by atoms with E-state index in [1.807, 2.05) is 42.2 Å². The van der Waals surface area contributed by atoms with Crippen molar-refractivity contribution in [3.8, 4) is 22.8 Å². The first-order valence-electron chi connectivity index (χ1n) is 12.3. The number of carbonyl (C=O) groups excluding carboxylic acids is 2. The fraction of sp³-hybridized carbons (Fsp3) is 0.231. The van der Waals surface area contributed by atoms with Gasteiger partial charge in [-0.2, -0.15) is 4.68 Å². The Balaban J connectivity index is 1.23. The van der Waals surface area contributed by atoms with Crippen LogP contribution in [0.15, 0.2) is 55.1 Å². The largest absolute Gasteiger partial charge is 0.494 e. The number of nitrogens with zero attached hydrogens (tertiary/aromatic N) is 9. The molecule has 0 atom stereocenters. The van der Waals surface area contributed by atoms with E-state index in [4.69, 9.17) is 4.74 Å². The Morgan fingerprint density at radius 1 is 1.03 bits per heavy atom. The highest BCUT2D eigenvalue weighted by molar-refractivity contribution is 6.45. The number of hydrogen-bond acceptors (Lipinski definition) is 10. The van der Waals surface area contributed by atoms with Crippen LogP contribution in [0.1, 0.15) is 16.1 Å². The van der Waals surface area contributed by atoms with Gasteiger partial charge in [-0.3, -0.25) is 19.6 Å². The van der Waals surface area contributed by atoms with Crippen LogP contribution in [-0.4, -0.2) is 90.0 Å². The summed E-state index contributed by atoms with van der Waals surface area (Å²) < 4.78 is 7.07. The number of anilines is 1. The molecule has 0 bridgehead atoms. The van der Waals surface area contributed by atoms with Gasteiger partial charge in [0, 0.05) is 56.0 Å². The number of aromatic nitrogens is 8. The monoisotopic (exact) mass is 524 g/mol. The summed E-state index contributed by atoms with van der Waals surface area (Å²) in [5, 5.41) is 12.5. The molecule has 1 fully saturated rings. The van der Waals surface area contributed by atoms with Crippen molar-refractivity contribution in [3.05, 3.63) is 66.4 Å². The normalized spacial score (nSPS) is 13.6. The molecular formula is C26H24N10O3. The molecule has 0 unspecified atom stereocenters. The number of Topliss-reactive ketones (excluding diaryl/α,β-unsaturated/α-hetero) is 1. The first-order chi connectivity index (χ1) is 19.0. The number of tetrazole rings is 1. The SMILES string of the molecule is COc1cnc(-c2ccnc(C)c2)c2[nH]cc(C(=O)C(=O)N3CCN(c4nnnn4-c4ccccn4)CC3)c12.